The Bertz CT molecular complexity index is 1480. The van der Waals surface area contributed by atoms with E-state index in [4.69, 9.17) is 9.47 Å². The molecule has 0 radical (unpaired) electrons. The molecule has 1 aromatic heterocycles. The van der Waals surface area contributed by atoms with Gasteiger partial charge in [-0.05, 0) is 69.5 Å². The van der Waals surface area contributed by atoms with Gasteiger partial charge >= 0.3 is 11.9 Å². The van der Waals surface area contributed by atoms with Gasteiger partial charge < -0.3 is 30.3 Å². The minimum absolute atomic E-state index is 0.0480. The molecular formula is C41H65N5O7S. The number of unbranched alkanes of at least 4 members (excludes halogenated alkanes) is 2. The fourth-order valence-corrected chi connectivity index (χ4v) is 7.19. The van der Waals surface area contributed by atoms with Crippen LogP contribution >= 0.6 is 11.3 Å². The summed E-state index contributed by atoms with van der Waals surface area (Å²) in [7, 11) is 3.63. The highest BCUT2D eigenvalue weighted by atomic mass is 32.1. The highest BCUT2D eigenvalue weighted by Crippen LogP contribution is 2.33. The Morgan fingerprint density at radius 1 is 0.963 bits per heavy atom. The van der Waals surface area contributed by atoms with Crippen LogP contribution in [0.2, 0.25) is 0 Å². The van der Waals surface area contributed by atoms with Crippen molar-refractivity contribution < 1.29 is 33.4 Å². The normalized spacial score (nSPS) is 14.4. The van der Waals surface area contributed by atoms with Crippen molar-refractivity contribution in [3.63, 3.8) is 0 Å². The molecule has 1 aromatic carbocycles. The van der Waals surface area contributed by atoms with E-state index in [2.05, 4.69) is 20.9 Å². The average molecular weight is 772 g/mol. The van der Waals surface area contributed by atoms with Crippen LogP contribution in [0.25, 0.3) is 0 Å². The monoisotopic (exact) mass is 771 g/mol. The number of thiazole rings is 1. The Balaban J connectivity index is 2.30. The third-order valence-electron chi connectivity index (χ3n) is 9.97. The predicted molar refractivity (Wildman–Crippen MR) is 213 cm³/mol. The molecule has 12 nitrogen and oxygen atoms in total. The summed E-state index contributed by atoms with van der Waals surface area (Å²) in [6.45, 7) is 16.0. The number of aromatic nitrogens is 1. The molecule has 0 bridgehead atoms. The third kappa shape index (κ3) is 15.1. The Morgan fingerprint density at radius 2 is 1.65 bits per heavy atom. The van der Waals surface area contributed by atoms with Crippen LogP contribution in [-0.4, -0.2) is 84.9 Å². The molecule has 2 aromatic rings. The minimum Gasteiger partial charge on any atom is -0.466 e. The van der Waals surface area contributed by atoms with Gasteiger partial charge in [0, 0.05) is 44.3 Å². The summed E-state index contributed by atoms with van der Waals surface area (Å²) in [4.78, 5) is 72.1. The molecule has 0 aliphatic heterocycles. The smallest absolute Gasteiger partial charge is 0.308 e. The van der Waals surface area contributed by atoms with Crippen LogP contribution in [-0.2, 0) is 35.1 Å². The molecule has 54 heavy (non-hydrogen) atoms. The average Bonchev–Trinajstić information content (AvgIpc) is 3.62. The number of carbonyl (C=O) groups is 5. The number of rotatable bonds is 24. The number of hydrogen-bond acceptors (Lipinski definition) is 10. The Labute approximate surface area is 326 Å². The number of likely N-dealkylation sites (N-methyl/N-ethyl adjacent to an activating group) is 1. The third-order valence-corrected chi connectivity index (χ3v) is 10.9. The first-order valence-corrected chi connectivity index (χ1v) is 20.3. The molecule has 0 unspecified atom stereocenters. The van der Waals surface area contributed by atoms with Crippen LogP contribution in [0.4, 0.5) is 0 Å². The maximum atomic E-state index is 14.3. The number of benzene rings is 1. The molecule has 1 heterocycles. The van der Waals surface area contributed by atoms with E-state index in [1.807, 2.05) is 72.0 Å². The van der Waals surface area contributed by atoms with Gasteiger partial charge in [-0.3, -0.25) is 24.0 Å². The second-order valence-electron chi connectivity index (χ2n) is 15.2. The molecule has 3 N–H and O–H groups in total. The maximum Gasteiger partial charge on any atom is 0.308 e. The largest absolute Gasteiger partial charge is 0.466 e. The van der Waals surface area contributed by atoms with Crippen molar-refractivity contribution in [2.75, 3.05) is 27.2 Å². The second-order valence-corrected chi connectivity index (χ2v) is 16.1. The van der Waals surface area contributed by atoms with E-state index < -0.39 is 41.4 Å². The van der Waals surface area contributed by atoms with Crippen LogP contribution in [0.3, 0.4) is 0 Å². The van der Waals surface area contributed by atoms with Gasteiger partial charge in [-0.1, -0.05) is 78.3 Å². The maximum absolute atomic E-state index is 14.3. The van der Waals surface area contributed by atoms with E-state index in [1.54, 1.807) is 31.2 Å². The zero-order valence-corrected chi connectivity index (χ0v) is 35.0. The van der Waals surface area contributed by atoms with E-state index in [1.165, 1.54) is 18.3 Å². The zero-order valence-electron chi connectivity index (χ0n) is 34.2. The second kappa shape index (κ2) is 23.2. The van der Waals surface area contributed by atoms with Crippen molar-refractivity contribution in [1.29, 1.82) is 0 Å². The summed E-state index contributed by atoms with van der Waals surface area (Å²) in [6, 6.07) is 8.19. The molecule has 302 valence electrons. The number of ether oxygens (including phenoxy) is 2. The van der Waals surface area contributed by atoms with Crippen molar-refractivity contribution in [2.45, 2.75) is 131 Å². The summed E-state index contributed by atoms with van der Waals surface area (Å²) < 4.78 is 11.0. The lowest BCUT2D eigenvalue weighted by atomic mass is 9.80. The van der Waals surface area contributed by atoms with Gasteiger partial charge in [-0.2, -0.15) is 0 Å². The Morgan fingerprint density at radius 3 is 2.24 bits per heavy atom. The van der Waals surface area contributed by atoms with Gasteiger partial charge in [0.05, 0.1) is 12.5 Å². The van der Waals surface area contributed by atoms with Gasteiger partial charge in [-0.25, -0.2) is 4.98 Å². The Kier molecular flexibility index (Phi) is 19.9. The fraction of sp³-hybridized carbons (Fsp3) is 0.659. The number of nitrogens with zero attached hydrogens (tertiary/aromatic N) is 2. The lowest BCUT2D eigenvalue weighted by Gasteiger charge is -2.40. The SMILES string of the molecule is CCOC(=O)[C@@H](C)C[C@H](Cc1ccccc1)NC(=O)c1csc([C@@H](C[C@H](C(C)C)N(C)C(=O)[C@@H](NC(=O)CCCCCNC)C(C)(C)CC)OC(C)=O)n1. The molecule has 0 saturated carbocycles. The number of hydrogen-bond donors (Lipinski definition) is 3. The Hall–Kier alpha value is -3.84. The fourth-order valence-electron chi connectivity index (χ4n) is 6.35. The summed E-state index contributed by atoms with van der Waals surface area (Å²) in [6.07, 6.45) is 3.93. The molecule has 0 aliphatic rings. The molecule has 0 aliphatic carbocycles. The van der Waals surface area contributed by atoms with Crippen molar-refractivity contribution in [3.8, 4) is 0 Å². The van der Waals surface area contributed by atoms with Crippen LogP contribution < -0.4 is 16.0 Å². The summed E-state index contributed by atoms with van der Waals surface area (Å²) in [5, 5.41) is 11.3. The standard InChI is InChI=1S/C41H65N5O7S/c1-11-41(7,8)36(45-35(48)21-17-14-18-22-42-9)39(50)46(10)33(27(3)4)25-34(53-29(6)47)38-44-32(26-54-38)37(49)43-31(23-28(5)40(51)52-12-2)24-30-19-15-13-16-20-30/h13,15-16,19-20,26-28,31,33-34,36,42H,11-12,14,17-18,21-25H2,1-10H3,(H,43,49)(H,45,48)/t28-,31+,33+,34+,36+/m0/s1. The van der Waals surface area contributed by atoms with Crippen molar-refractivity contribution >= 4 is 41.0 Å². The van der Waals surface area contributed by atoms with E-state index in [9.17, 15) is 24.0 Å². The topological polar surface area (TPSA) is 156 Å². The number of carbonyl (C=O) groups excluding carboxylic acids is 5. The van der Waals surface area contributed by atoms with E-state index in [0.29, 0.717) is 30.7 Å². The lowest BCUT2D eigenvalue weighted by molar-refractivity contribution is -0.150. The summed E-state index contributed by atoms with van der Waals surface area (Å²) in [5.41, 5.74) is 0.655. The van der Waals surface area contributed by atoms with Crippen LogP contribution in [0.1, 0.15) is 127 Å². The first-order chi connectivity index (χ1) is 25.5. The molecule has 3 amide bonds. The molecule has 5 atom stereocenters. The molecule has 0 saturated heterocycles. The van der Waals surface area contributed by atoms with Crippen molar-refractivity contribution in [1.82, 2.24) is 25.8 Å². The van der Waals surface area contributed by atoms with Gasteiger partial charge in [0.2, 0.25) is 11.8 Å². The van der Waals surface area contributed by atoms with Crippen molar-refractivity contribution in [3.05, 3.63) is 52.0 Å². The van der Waals surface area contributed by atoms with E-state index >= 15 is 0 Å². The minimum atomic E-state index is -0.828. The number of esters is 2. The van der Waals surface area contributed by atoms with Crippen LogP contribution in [0, 0.1) is 17.3 Å². The summed E-state index contributed by atoms with van der Waals surface area (Å²) in [5.74, 6) is -2.10. The number of amides is 3. The van der Waals surface area contributed by atoms with Gasteiger partial charge in [0.15, 0.2) is 6.10 Å². The molecule has 2 rings (SSSR count). The molecule has 0 fully saturated rings. The molecule has 13 heteroatoms. The van der Waals surface area contributed by atoms with E-state index in [0.717, 1.165) is 31.4 Å². The van der Waals surface area contributed by atoms with Crippen LogP contribution in [0.15, 0.2) is 35.7 Å². The number of nitrogens with one attached hydrogen (secondary N) is 3. The molecular weight excluding hydrogens is 707 g/mol. The van der Waals surface area contributed by atoms with Gasteiger partial charge in [0.1, 0.15) is 16.7 Å². The predicted octanol–water partition coefficient (Wildman–Crippen LogP) is 6.25. The zero-order chi connectivity index (χ0) is 40.4. The van der Waals surface area contributed by atoms with Gasteiger partial charge in [-0.15, -0.1) is 11.3 Å². The van der Waals surface area contributed by atoms with Crippen LogP contribution in [0.5, 0.6) is 0 Å². The highest BCUT2D eigenvalue weighted by Gasteiger charge is 2.40. The van der Waals surface area contributed by atoms with E-state index in [-0.39, 0.29) is 48.5 Å². The van der Waals surface area contributed by atoms with Gasteiger partial charge in [0.25, 0.3) is 5.91 Å². The molecule has 0 spiro atoms. The highest BCUT2D eigenvalue weighted by molar-refractivity contribution is 7.09. The first-order valence-electron chi connectivity index (χ1n) is 19.4. The first kappa shape index (κ1) is 46.3. The quantitative estimate of drug-likeness (QED) is 0.0830. The lowest BCUT2D eigenvalue weighted by Crippen LogP contribution is -2.57. The van der Waals surface area contributed by atoms with Crippen molar-refractivity contribution in [2.24, 2.45) is 17.3 Å². The summed E-state index contributed by atoms with van der Waals surface area (Å²) >= 11 is 1.21.